The van der Waals surface area contributed by atoms with E-state index < -0.39 is 0 Å². The SMILES string of the molecule is COCc1cc(C)nc(NN=Cc2cc3c(cc2Br)OCO3)c1C#N. The first-order valence-electron chi connectivity index (χ1n) is 7.40. The minimum Gasteiger partial charge on any atom is -0.454 e. The predicted molar refractivity (Wildman–Crippen MR) is 95.9 cm³/mol. The molecule has 0 amide bonds. The topological polar surface area (TPSA) is 88.8 Å². The van der Waals surface area contributed by atoms with Crippen LogP contribution in [0.4, 0.5) is 5.82 Å². The van der Waals surface area contributed by atoms with Gasteiger partial charge in [0.25, 0.3) is 0 Å². The van der Waals surface area contributed by atoms with Gasteiger partial charge in [-0.1, -0.05) is 0 Å². The average molecular weight is 403 g/mol. The molecule has 2 aromatic rings. The van der Waals surface area contributed by atoms with E-state index in [1.807, 2.05) is 25.1 Å². The van der Waals surface area contributed by atoms with E-state index in [0.29, 0.717) is 29.5 Å². The van der Waals surface area contributed by atoms with Crippen LogP contribution in [0.1, 0.15) is 22.4 Å². The van der Waals surface area contributed by atoms with Gasteiger partial charge in [0, 0.05) is 28.4 Å². The van der Waals surface area contributed by atoms with Crippen LogP contribution in [0.2, 0.25) is 0 Å². The van der Waals surface area contributed by atoms with E-state index in [-0.39, 0.29) is 6.79 Å². The van der Waals surface area contributed by atoms with Crippen molar-refractivity contribution in [3.8, 4) is 17.6 Å². The summed E-state index contributed by atoms with van der Waals surface area (Å²) in [5.41, 5.74) is 5.59. The van der Waals surface area contributed by atoms with Gasteiger partial charge in [0.1, 0.15) is 11.6 Å². The molecular weight excluding hydrogens is 388 g/mol. The molecule has 0 saturated carbocycles. The minimum absolute atomic E-state index is 0.210. The summed E-state index contributed by atoms with van der Waals surface area (Å²) in [4.78, 5) is 4.34. The average Bonchev–Trinajstić information content (AvgIpc) is 3.02. The third-order valence-corrected chi connectivity index (χ3v) is 4.19. The van der Waals surface area contributed by atoms with Gasteiger partial charge < -0.3 is 14.2 Å². The smallest absolute Gasteiger partial charge is 0.231 e. The zero-order valence-corrected chi connectivity index (χ0v) is 15.3. The lowest BCUT2D eigenvalue weighted by atomic mass is 10.1. The van der Waals surface area contributed by atoms with E-state index in [1.165, 1.54) is 0 Å². The van der Waals surface area contributed by atoms with Crippen LogP contribution in [0, 0.1) is 18.3 Å². The van der Waals surface area contributed by atoms with Crippen molar-refractivity contribution in [3.05, 3.63) is 45.1 Å². The summed E-state index contributed by atoms with van der Waals surface area (Å²) in [6.07, 6.45) is 1.62. The maximum atomic E-state index is 9.41. The highest BCUT2D eigenvalue weighted by Crippen LogP contribution is 2.36. The highest BCUT2D eigenvalue weighted by molar-refractivity contribution is 9.10. The fourth-order valence-electron chi connectivity index (χ4n) is 2.41. The van der Waals surface area contributed by atoms with Crippen LogP contribution in [-0.2, 0) is 11.3 Å². The summed E-state index contributed by atoms with van der Waals surface area (Å²) in [5.74, 6) is 1.74. The molecule has 0 spiro atoms. The third-order valence-electron chi connectivity index (χ3n) is 3.51. The molecule has 0 bridgehead atoms. The summed E-state index contributed by atoms with van der Waals surface area (Å²) in [6, 6.07) is 7.62. The lowest BCUT2D eigenvalue weighted by Crippen LogP contribution is -2.03. The Morgan fingerprint density at radius 3 is 2.88 bits per heavy atom. The van der Waals surface area contributed by atoms with Crippen molar-refractivity contribution in [2.45, 2.75) is 13.5 Å². The number of anilines is 1. The lowest BCUT2D eigenvalue weighted by molar-refractivity contribution is 0.174. The molecule has 128 valence electrons. The number of nitriles is 1. The standard InChI is InChI=1S/C17H15BrN4O3/c1-10-3-12(8-23-2)13(6-19)17(21-10)22-20-7-11-4-15-16(5-14(11)18)25-9-24-15/h3-5,7H,8-9H2,1-2H3,(H,21,22). The number of nitrogens with zero attached hydrogens (tertiary/aromatic N) is 3. The molecule has 0 fully saturated rings. The largest absolute Gasteiger partial charge is 0.454 e. The van der Waals surface area contributed by atoms with Crippen molar-refractivity contribution >= 4 is 28.0 Å². The number of hydrazone groups is 1. The Balaban J connectivity index is 1.84. The first-order chi connectivity index (χ1) is 12.1. The van der Waals surface area contributed by atoms with Gasteiger partial charge in [0.15, 0.2) is 17.3 Å². The molecule has 0 aliphatic carbocycles. The van der Waals surface area contributed by atoms with Crippen LogP contribution in [0.25, 0.3) is 0 Å². The van der Waals surface area contributed by atoms with Gasteiger partial charge in [-0.05, 0) is 41.1 Å². The number of hydrogen-bond donors (Lipinski definition) is 1. The summed E-state index contributed by atoms with van der Waals surface area (Å²) in [7, 11) is 1.58. The molecule has 8 heteroatoms. The highest BCUT2D eigenvalue weighted by Gasteiger charge is 2.15. The maximum absolute atomic E-state index is 9.41. The maximum Gasteiger partial charge on any atom is 0.231 e. The first kappa shape index (κ1) is 17.2. The van der Waals surface area contributed by atoms with E-state index in [4.69, 9.17) is 14.2 Å². The number of hydrogen-bond acceptors (Lipinski definition) is 7. The number of pyridine rings is 1. The molecule has 0 atom stereocenters. The lowest BCUT2D eigenvalue weighted by Gasteiger charge is -2.09. The highest BCUT2D eigenvalue weighted by atomic mass is 79.9. The summed E-state index contributed by atoms with van der Waals surface area (Å²) in [5, 5.41) is 13.6. The Hall–Kier alpha value is -2.63. The van der Waals surface area contributed by atoms with Crippen LogP contribution in [0.5, 0.6) is 11.5 Å². The molecule has 1 aliphatic heterocycles. The fourth-order valence-corrected chi connectivity index (χ4v) is 2.84. The number of nitrogens with one attached hydrogen (secondary N) is 1. The van der Waals surface area contributed by atoms with Gasteiger partial charge in [-0.3, -0.25) is 5.43 Å². The number of aryl methyl sites for hydroxylation is 1. The molecule has 2 heterocycles. The molecule has 25 heavy (non-hydrogen) atoms. The van der Waals surface area contributed by atoms with Crippen molar-refractivity contribution in [2.75, 3.05) is 19.3 Å². The molecule has 1 aromatic heterocycles. The monoisotopic (exact) mass is 402 g/mol. The Kier molecular flexibility index (Phi) is 5.16. The molecule has 0 radical (unpaired) electrons. The number of methoxy groups -OCH3 is 1. The summed E-state index contributed by atoms with van der Waals surface area (Å²) >= 11 is 3.47. The van der Waals surface area contributed by atoms with Gasteiger partial charge >= 0.3 is 0 Å². The molecule has 1 aromatic carbocycles. The number of rotatable bonds is 5. The Labute approximate surface area is 153 Å². The van der Waals surface area contributed by atoms with Crippen molar-refractivity contribution in [3.63, 3.8) is 0 Å². The van der Waals surface area contributed by atoms with Gasteiger partial charge in [0.05, 0.1) is 12.8 Å². The minimum atomic E-state index is 0.210. The quantitative estimate of drug-likeness (QED) is 0.609. The van der Waals surface area contributed by atoms with Crippen LogP contribution in [0.3, 0.4) is 0 Å². The summed E-state index contributed by atoms with van der Waals surface area (Å²) < 4.78 is 16.6. The molecule has 7 nitrogen and oxygen atoms in total. The predicted octanol–water partition coefficient (Wildman–Crippen LogP) is 3.35. The van der Waals surface area contributed by atoms with Crippen LogP contribution >= 0.6 is 15.9 Å². The normalized spacial score (nSPS) is 12.4. The number of aromatic nitrogens is 1. The van der Waals surface area contributed by atoms with Crippen molar-refractivity contribution in [2.24, 2.45) is 5.10 Å². The second kappa shape index (κ2) is 7.51. The molecule has 1 N–H and O–H groups in total. The zero-order valence-electron chi connectivity index (χ0n) is 13.7. The fraction of sp³-hybridized carbons (Fsp3) is 0.235. The van der Waals surface area contributed by atoms with Crippen LogP contribution in [-0.4, -0.2) is 25.1 Å². The number of benzene rings is 1. The Morgan fingerprint density at radius 2 is 2.16 bits per heavy atom. The second-order valence-corrected chi connectivity index (χ2v) is 6.14. The molecular formula is C17H15BrN4O3. The molecule has 3 rings (SSSR count). The van der Waals surface area contributed by atoms with Gasteiger partial charge in [-0.15, -0.1) is 0 Å². The van der Waals surface area contributed by atoms with E-state index in [0.717, 1.165) is 21.3 Å². The Morgan fingerprint density at radius 1 is 1.40 bits per heavy atom. The third kappa shape index (κ3) is 3.73. The Bertz CT molecular complexity index is 877. The molecule has 0 unspecified atom stereocenters. The van der Waals surface area contributed by atoms with E-state index >= 15 is 0 Å². The van der Waals surface area contributed by atoms with Gasteiger partial charge in [-0.2, -0.15) is 10.4 Å². The van der Waals surface area contributed by atoms with E-state index in [1.54, 1.807) is 13.3 Å². The summed E-state index contributed by atoms with van der Waals surface area (Å²) in [6.45, 7) is 2.39. The van der Waals surface area contributed by atoms with Gasteiger partial charge in [-0.25, -0.2) is 4.98 Å². The van der Waals surface area contributed by atoms with Crippen molar-refractivity contribution < 1.29 is 14.2 Å². The van der Waals surface area contributed by atoms with E-state index in [9.17, 15) is 5.26 Å². The number of halogens is 1. The molecule has 1 aliphatic rings. The first-order valence-corrected chi connectivity index (χ1v) is 8.19. The van der Waals surface area contributed by atoms with Crippen molar-refractivity contribution in [1.82, 2.24) is 4.98 Å². The number of fused-ring (bicyclic) bond motifs is 1. The van der Waals surface area contributed by atoms with Crippen LogP contribution in [0.15, 0.2) is 27.8 Å². The van der Waals surface area contributed by atoms with Gasteiger partial charge in [0.2, 0.25) is 6.79 Å². The number of ether oxygens (including phenoxy) is 3. The zero-order chi connectivity index (χ0) is 17.8. The van der Waals surface area contributed by atoms with E-state index in [2.05, 4.69) is 37.5 Å². The van der Waals surface area contributed by atoms with Crippen molar-refractivity contribution in [1.29, 1.82) is 5.26 Å². The second-order valence-electron chi connectivity index (χ2n) is 5.29. The van der Waals surface area contributed by atoms with Crippen LogP contribution < -0.4 is 14.9 Å². The molecule has 0 saturated heterocycles.